The number of nitrogens with zero attached hydrogens (tertiary/aromatic N) is 1. The van der Waals surface area contributed by atoms with Crippen LogP contribution in [0.5, 0.6) is 0 Å². The van der Waals surface area contributed by atoms with Crippen molar-refractivity contribution >= 4 is 0 Å². The van der Waals surface area contributed by atoms with Gasteiger partial charge in [-0.15, -0.1) is 0 Å². The second kappa shape index (κ2) is 3.73. The van der Waals surface area contributed by atoms with Gasteiger partial charge in [-0.2, -0.15) is 13.2 Å². The molecule has 2 rings (SSSR count). The van der Waals surface area contributed by atoms with E-state index in [9.17, 15) is 18.3 Å². The molecule has 1 aliphatic rings. The van der Waals surface area contributed by atoms with E-state index in [0.717, 1.165) is 6.20 Å². The highest BCUT2D eigenvalue weighted by Crippen LogP contribution is 2.40. The standard InChI is InChI=1S/C11H12F3NO/c12-11(13,14)9-7-15-6-2-8(9)1-3-10(16)4-5-10/h2,6-7,16H,1,3-5H2. The second-order valence-corrected chi connectivity index (χ2v) is 4.25. The highest BCUT2D eigenvalue weighted by molar-refractivity contribution is 5.26. The number of aryl methyl sites for hydroxylation is 1. The van der Waals surface area contributed by atoms with Crippen LogP contribution < -0.4 is 0 Å². The van der Waals surface area contributed by atoms with Crippen LogP contribution in [0.25, 0.3) is 0 Å². The number of halogens is 3. The van der Waals surface area contributed by atoms with Crippen molar-refractivity contribution in [2.45, 2.75) is 37.5 Å². The van der Waals surface area contributed by atoms with Crippen LogP contribution in [0.1, 0.15) is 30.4 Å². The summed E-state index contributed by atoms with van der Waals surface area (Å²) in [6.07, 6.45) is -0.156. The zero-order chi connectivity index (χ0) is 11.8. The van der Waals surface area contributed by atoms with Gasteiger partial charge in [0.1, 0.15) is 0 Å². The Kier molecular flexibility index (Phi) is 2.66. The van der Waals surface area contributed by atoms with Crippen LogP contribution in [-0.4, -0.2) is 15.7 Å². The topological polar surface area (TPSA) is 33.1 Å². The van der Waals surface area contributed by atoms with Crippen LogP contribution in [0.4, 0.5) is 13.2 Å². The highest BCUT2D eigenvalue weighted by atomic mass is 19.4. The van der Waals surface area contributed by atoms with Crippen molar-refractivity contribution in [3.05, 3.63) is 29.6 Å². The molecule has 0 saturated heterocycles. The van der Waals surface area contributed by atoms with E-state index < -0.39 is 17.3 Å². The fourth-order valence-electron chi connectivity index (χ4n) is 1.66. The summed E-state index contributed by atoms with van der Waals surface area (Å²) in [6.45, 7) is 0. The average molecular weight is 231 g/mol. The maximum absolute atomic E-state index is 12.6. The van der Waals surface area contributed by atoms with Gasteiger partial charge in [0, 0.05) is 12.4 Å². The molecule has 0 atom stereocenters. The Morgan fingerprint density at radius 2 is 2.06 bits per heavy atom. The molecule has 0 bridgehead atoms. The lowest BCUT2D eigenvalue weighted by Crippen LogP contribution is -2.13. The first kappa shape index (κ1) is 11.4. The lowest BCUT2D eigenvalue weighted by Gasteiger charge is -2.13. The fraction of sp³-hybridized carbons (Fsp3) is 0.545. The van der Waals surface area contributed by atoms with E-state index in [1.54, 1.807) is 0 Å². The maximum Gasteiger partial charge on any atom is 0.418 e. The van der Waals surface area contributed by atoms with Gasteiger partial charge in [-0.25, -0.2) is 0 Å². The Morgan fingerprint density at radius 1 is 1.38 bits per heavy atom. The van der Waals surface area contributed by atoms with E-state index in [4.69, 9.17) is 0 Å². The average Bonchev–Trinajstić information content (AvgIpc) is 2.94. The van der Waals surface area contributed by atoms with Crippen molar-refractivity contribution in [3.63, 3.8) is 0 Å². The third-order valence-electron chi connectivity index (χ3n) is 2.90. The zero-order valence-corrected chi connectivity index (χ0v) is 8.59. The molecule has 2 nitrogen and oxygen atoms in total. The molecule has 16 heavy (non-hydrogen) atoms. The molecule has 0 aromatic carbocycles. The summed E-state index contributed by atoms with van der Waals surface area (Å²) in [6, 6.07) is 1.37. The van der Waals surface area contributed by atoms with Crippen molar-refractivity contribution < 1.29 is 18.3 Å². The van der Waals surface area contributed by atoms with Gasteiger partial charge in [0.05, 0.1) is 11.2 Å². The Morgan fingerprint density at radius 3 is 2.62 bits per heavy atom. The van der Waals surface area contributed by atoms with E-state index in [1.165, 1.54) is 12.3 Å². The number of aliphatic hydroxyl groups is 1. The van der Waals surface area contributed by atoms with Crippen molar-refractivity contribution in [1.29, 1.82) is 0 Å². The largest absolute Gasteiger partial charge is 0.418 e. The van der Waals surface area contributed by atoms with Crippen molar-refractivity contribution in [3.8, 4) is 0 Å². The van der Waals surface area contributed by atoms with E-state index in [1.807, 2.05) is 0 Å². The summed E-state index contributed by atoms with van der Waals surface area (Å²) < 4.78 is 37.7. The number of rotatable bonds is 3. The van der Waals surface area contributed by atoms with Crippen LogP contribution in [0.15, 0.2) is 18.5 Å². The molecule has 0 radical (unpaired) electrons. The molecule has 0 amide bonds. The summed E-state index contributed by atoms with van der Waals surface area (Å²) >= 11 is 0. The molecule has 5 heteroatoms. The number of aromatic nitrogens is 1. The number of alkyl halides is 3. The molecule has 1 N–H and O–H groups in total. The van der Waals surface area contributed by atoms with E-state index in [2.05, 4.69) is 4.98 Å². The number of hydrogen-bond donors (Lipinski definition) is 1. The minimum Gasteiger partial charge on any atom is -0.390 e. The Balaban J connectivity index is 2.13. The van der Waals surface area contributed by atoms with Crippen LogP contribution in [0.3, 0.4) is 0 Å². The predicted octanol–water partition coefficient (Wildman–Crippen LogP) is 2.56. The molecule has 0 aliphatic heterocycles. The summed E-state index contributed by atoms with van der Waals surface area (Å²) in [7, 11) is 0. The zero-order valence-electron chi connectivity index (χ0n) is 8.59. The quantitative estimate of drug-likeness (QED) is 0.867. The molecular weight excluding hydrogens is 219 g/mol. The maximum atomic E-state index is 12.6. The van der Waals surface area contributed by atoms with Crippen LogP contribution in [0.2, 0.25) is 0 Å². The van der Waals surface area contributed by atoms with Gasteiger partial charge in [0.25, 0.3) is 0 Å². The molecular formula is C11H12F3NO. The molecule has 1 aliphatic carbocycles. The van der Waals surface area contributed by atoms with Crippen LogP contribution in [0, 0.1) is 0 Å². The summed E-state index contributed by atoms with van der Waals surface area (Å²) in [5.41, 5.74) is -1.20. The van der Waals surface area contributed by atoms with E-state index in [-0.39, 0.29) is 12.0 Å². The van der Waals surface area contributed by atoms with E-state index in [0.29, 0.717) is 19.3 Å². The molecule has 0 spiro atoms. The first-order chi connectivity index (χ1) is 7.41. The molecule has 1 aromatic heterocycles. The highest BCUT2D eigenvalue weighted by Gasteiger charge is 2.40. The fourth-order valence-corrected chi connectivity index (χ4v) is 1.66. The summed E-state index contributed by atoms with van der Waals surface area (Å²) in [5.74, 6) is 0. The Hall–Kier alpha value is -1.10. The number of pyridine rings is 1. The molecule has 0 unspecified atom stereocenters. The van der Waals surface area contributed by atoms with Gasteiger partial charge in [-0.3, -0.25) is 4.98 Å². The summed E-state index contributed by atoms with van der Waals surface area (Å²) in [4.78, 5) is 3.49. The molecule has 1 saturated carbocycles. The van der Waals surface area contributed by atoms with Gasteiger partial charge in [-0.1, -0.05) is 0 Å². The Bertz CT molecular complexity index is 385. The molecule has 1 heterocycles. The molecule has 88 valence electrons. The van der Waals surface area contributed by atoms with Crippen LogP contribution in [-0.2, 0) is 12.6 Å². The van der Waals surface area contributed by atoms with Crippen molar-refractivity contribution in [2.24, 2.45) is 0 Å². The molecule has 1 aromatic rings. The van der Waals surface area contributed by atoms with Gasteiger partial charge in [0.15, 0.2) is 0 Å². The van der Waals surface area contributed by atoms with Gasteiger partial charge >= 0.3 is 6.18 Å². The minimum absolute atomic E-state index is 0.211. The Labute approximate surface area is 91.1 Å². The lowest BCUT2D eigenvalue weighted by molar-refractivity contribution is -0.138. The van der Waals surface area contributed by atoms with Gasteiger partial charge in [0.2, 0.25) is 0 Å². The summed E-state index contributed by atoms with van der Waals surface area (Å²) in [5, 5.41) is 9.59. The first-order valence-electron chi connectivity index (χ1n) is 5.13. The normalized spacial score (nSPS) is 18.5. The molecule has 1 fully saturated rings. The lowest BCUT2D eigenvalue weighted by atomic mass is 10.0. The predicted molar refractivity (Wildman–Crippen MR) is 51.7 cm³/mol. The first-order valence-corrected chi connectivity index (χ1v) is 5.13. The third-order valence-corrected chi connectivity index (χ3v) is 2.90. The monoisotopic (exact) mass is 231 g/mol. The third kappa shape index (κ3) is 2.52. The second-order valence-electron chi connectivity index (χ2n) is 4.25. The van der Waals surface area contributed by atoms with Crippen molar-refractivity contribution in [2.75, 3.05) is 0 Å². The van der Waals surface area contributed by atoms with Crippen molar-refractivity contribution in [1.82, 2.24) is 4.98 Å². The number of hydrogen-bond acceptors (Lipinski definition) is 2. The van der Waals surface area contributed by atoms with Gasteiger partial charge < -0.3 is 5.11 Å². The van der Waals surface area contributed by atoms with Gasteiger partial charge in [-0.05, 0) is 37.3 Å². The van der Waals surface area contributed by atoms with E-state index >= 15 is 0 Å². The SMILES string of the molecule is OC1(CCc2ccncc2C(F)(F)F)CC1. The smallest absolute Gasteiger partial charge is 0.390 e. The minimum atomic E-state index is -4.37. The van der Waals surface area contributed by atoms with Crippen LogP contribution >= 0.6 is 0 Å².